The van der Waals surface area contributed by atoms with Gasteiger partial charge in [0.1, 0.15) is 5.69 Å². The fraction of sp³-hybridized carbons (Fsp3) is 0.0667. The van der Waals surface area contributed by atoms with Crippen molar-refractivity contribution in [3.05, 3.63) is 60.2 Å². The van der Waals surface area contributed by atoms with E-state index in [1.54, 1.807) is 49.8 Å². The number of hydrogen-bond acceptors (Lipinski definition) is 4. The van der Waals surface area contributed by atoms with Gasteiger partial charge in [0, 0.05) is 25.1 Å². The van der Waals surface area contributed by atoms with E-state index in [0.717, 1.165) is 0 Å². The third-order valence-electron chi connectivity index (χ3n) is 3.23. The number of aromatic nitrogens is 4. The Morgan fingerprint density at radius 3 is 2.70 bits per heavy atom. The summed E-state index contributed by atoms with van der Waals surface area (Å²) >= 11 is 0. The first-order valence-corrected chi connectivity index (χ1v) is 6.73. The quantitative estimate of drug-likeness (QED) is 0.761. The molecule has 0 aliphatic heterocycles. The molecule has 23 heavy (non-hydrogen) atoms. The first kappa shape index (κ1) is 14.5. The minimum Gasteiger partial charge on any atom is -0.476 e. The van der Waals surface area contributed by atoms with Crippen molar-refractivity contribution in [1.82, 2.24) is 19.6 Å². The number of nitrogens with one attached hydrogen (secondary N) is 1. The number of carboxylic acid groups (broad SMARTS) is 1. The third kappa shape index (κ3) is 2.95. The predicted molar refractivity (Wildman–Crippen MR) is 81.7 cm³/mol. The van der Waals surface area contributed by atoms with Crippen molar-refractivity contribution < 1.29 is 14.7 Å². The highest BCUT2D eigenvalue weighted by molar-refractivity contribution is 6.03. The summed E-state index contributed by atoms with van der Waals surface area (Å²) < 4.78 is 2.91. The normalized spacial score (nSPS) is 10.5. The van der Waals surface area contributed by atoms with Gasteiger partial charge in [0.2, 0.25) is 0 Å². The van der Waals surface area contributed by atoms with E-state index in [2.05, 4.69) is 15.5 Å². The van der Waals surface area contributed by atoms with Crippen LogP contribution in [-0.4, -0.2) is 36.5 Å². The minimum atomic E-state index is -1.09. The van der Waals surface area contributed by atoms with E-state index >= 15 is 0 Å². The van der Waals surface area contributed by atoms with Crippen molar-refractivity contribution in [1.29, 1.82) is 0 Å². The summed E-state index contributed by atoms with van der Waals surface area (Å²) in [6.07, 6.45) is 3.09. The summed E-state index contributed by atoms with van der Waals surface area (Å²) in [5.41, 5.74) is 1.60. The van der Waals surface area contributed by atoms with Crippen LogP contribution in [0.3, 0.4) is 0 Å². The van der Waals surface area contributed by atoms with Gasteiger partial charge in [0.05, 0.1) is 5.69 Å². The van der Waals surface area contributed by atoms with E-state index in [0.29, 0.717) is 17.1 Å². The van der Waals surface area contributed by atoms with Crippen molar-refractivity contribution in [2.45, 2.75) is 0 Å². The van der Waals surface area contributed by atoms with E-state index in [-0.39, 0.29) is 11.6 Å². The smallest absolute Gasteiger partial charge is 0.356 e. The van der Waals surface area contributed by atoms with E-state index in [1.807, 2.05) is 0 Å². The van der Waals surface area contributed by atoms with Crippen LogP contribution in [0.2, 0.25) is 0 Å². The molecule has 0 radical (unpaired) electrons. The summed E-state index contributed by atoms with van der Waals surface area (Å²) in [4.78, 5) is 23.0. The lowest BCUT2D eigenvalue weighted by Gasteiger charge is -2.07. The maximum Gasteiger partial charge on any atom is 0.356 e. The van der Waals surface area contributed by atoms with Gasteiger partial charge in [-0.25, -0.2) is 9.48 Å². The Morgan fingerprint density at radius 2 is 2.04 bits per heavy atom. The Morgan fingerprint density at radius 1 is 1.22 bits per heavy atom. The summed E-state index contributed by atoms with van der Waals surface area (Å²) in [6.45, 7) is 0. The summed E-state index contributed by atoms with van der Waals surface area (Å²) in [5, 5.41) is 19.6. The second-order valence-electron chi connectivity index (χ2n) is 4.80. The van der Waals surface area contributed by atoms with Crippen molar-refractivity contribution in [2.75, 3.05) is 5.32 Å². The van der Waals surface area contributed by atoms with E-state index in [4.69, 9.17) is 5.11 Å². The molecule has 2 heterocycles. The molecule has 2 aromatic heterocycles. The van der Waals surface area contributed by atoms with Crippen LogP contribution in [0.25, 0.3) is 5.69 Å². The van der Waals surface area contributed by atoms with E-state index in [9.17, 15) is 9.59 Å². The topological polar surface area (TPSA) is 102 Å². The lowest BCUT2D eigenvalue weighted by atomic mass is 10.2. The zero-order valence-corrected chi connectivity index (χ0v) is 12.2. The lowest BCUT2D eigenvalue weighted by molar-refractivity contribution is 0.0689. The molecule has 8 heteroatoms. The van der Waals surface area contributed by atoms with Crippen molar-refractivity contribution in [2.24, 2.45) is 7.05 Å². The van der Waals surface area contributed by atoms with Crippen LogP contribution < -0.4 is 5.32 Å². The monoisotopic (exact) mass is 311 g/mol. The molecule has 0 aliphatic carbocycles. The van der Waals surface area contributed by atoms with Crippen LogP contribution in [0.1, 0.15) is 21.0 Å². The van der Waals surface area contributed by atoms with Gasteiger partial charge in [0.15, 0.2) is 5.69 Å². The Kier molecular flexibility index (Phi) is 3.63. The van der Waals surface area contributed by atoms with E-state index < -0.39 is 5.97 Å². The van der Waals surface area contributed by atoms with Gasteiger partial charge < -0.3 is 10.4 Å². The molecule has 3 aromatic rings. The fourth-order valence-corrected chi connectivity index (χ4v) is 2.10. The SMILES string of the molecule is Cn1nccc1C(=O)Nc1cccc(-n2ccc(C(=O)O)n2)c1. The molecule has 1 aromatic carbocycles. The van der Waals surface area contributed by atoms with E-state index in [1.165, 1.54) is 15.4 Å². The van der Waals surface area contributed by atoms with Gasteiger partial charge in [-0.1, -0.05) is 6.07 Å². The number of aryl methyl sites for hydroxylation is 1. The van der Waals surface area contributed by atoms with Gasteiger partial charge in [-0.05, 0) is 30.3 Å². The molecule has 8 nitrogen and oxygen atoms in total. The summed E-state index contributed by atoms with van der Waals surface area (Å²) in [5.74, 6) is -1.38. The summed E-state index contributed by atoms with van der Waals surface area (Å²) in [7, 11) is 1.68. The number of carbonyl (C=O) groups is 2. The highest BCUT2D eigenvalue weighted by atomic mass is 16.4. The van der Waals surface area contributed by atoms with Crippen LogP contribution in [-0.2, 0) is 7.05 Å². The molecular formula is C15H13N5O3. The number of anilines is 1. The fourth-order valence-electron chi connectivity index (χ4n) is 2.10. The molecule has 116 valence electrons. The summed E-state index contributed by atoms with van der Waals surface area (Å²) in [6, 6.07) is 9.97. The molecule has 0 unspecified atom stereocenters. The predicted octanol–water partition coefficient (Wildman–Crippen LogP) is 1.56. The highest BCUT2D eigenvalue weighted by Crippen LogP contribution is 2.15. The zero-order valence-electron chi connectivity index (χ0n) is 12.2. The molecule has 2 N–H and O–H groups in total. The number of carbonyl (C=O) groups excluding carboxylic acids is 1. The maximum atomic E-state index is 12.2. The molecule has 0 saturated heterocycles. The molecular weight excluding hydrogens is 298 g/mol. The number of benzene rings is 1. The van der Waals surface area contributed by atoms with Crippen molar-refractivity contribution >= 4 is 17.6 Å². The average molecular weight is 311 g/mol. The molecule has 1 amide bonds. The van der Waals surface area contributed by atoms with Gasteiger partial charge in [-0.15, -0.1) is 0 Å². The van der Waals surface area contributed by atoms with Crippen LogP contribution in [0, 0.1) is 0 Å². The zero-order chi connectivity index (χ0) is 16.4. The first-order valence-electron chi connectivity index (χ1n) is 6.73. The molecule has 0 atom stereocenters. The van der Waals surface area contributed by atoms with Gasteiger partial charge >= 0.3 is 5.97 Å². The van der Waals surface area contributed by atoms with Gasteiger partial charge in [0.25, 0.3) is 5.91 Å². The second kappa shape index (κ2) is 5.76. The Balaban J connectivity index is 1.83. The van der Waals surface area contributed by atoms with Gasteiger partial charge in [-0.2, -0.15) is 10.2 Å². The lowest BCUT2D eigenvalue weighted by Crippen LogP contribution is -2.16. The average Bonchev–Trinajstić information content (AvgIpc) is 3.16. The number of amides is 1. The number of nitrogens with zero attached hydrogens (tertiary/aromatic N) is 4. The van der Waals surface area contributed by atoms with Crippen LogP contribution in [0.15, 0.2) is 48.8 Å². The van der Waals surface area contributed by atoms with Crippen molar-refractivity contribution in [3.63, 3.8) is 0 Å². The molecule has 0 saturated carbocycles. The van der Waals surface area contributed by atoms with Crippen molar-refractivity contribution in [3.8, 4) is 5.69 Å². The number of carboxylic acids is 1. The number of rotatable bonds is 4. The first-order chi connectivity index (χ1) is 11.0. The number of aromatic carboxylic acids is 1. The van der Waals surface area contributed by atoms with Crippen LogP contribution in [0.5, 0.6) is 0 Å². The van der Waals surface area contributed by atoms with Gasteiger partial charge in [-0.3, -0.25) is 9.48 Å². The van der Waals surface area contributed by atoms with Crippen LogP contribution >= 0.6 is 0 Å². The third-order valence-corrected chi connectivity index (χ3v) is 3.23. The maximum absolute atomic E-state index is 12.2. The Labute approximate surface area is 131 Å². The number of hydrogen-bond donors (Lipinski definition) is 2. The van der Waals surface area contributed by atoms with Crippen LogP contribution in [0.4, 0.5) is 5.69 Å². The molecule has 3 rings (SSSR count). The molecule has 0 aliphatic rings. The Bertz CT molecular complexity index is 881. The molecule has 0 spiro atoms. The largest absolute Gasteiger partial charge is 0.476 e. The minimum absolute atomic E-state index is 0.0469. The highest BCUT2D eigenvalue weighted by Gasteiger charge is 2.11. The Hall–Kier alpha value is -3.42. The standard InChI is InChI=1S/C15H13N5O3/c1-19-13(5-7-16-19)14(21)17-10-3-2-4-11(9-10)20-8-6-12(18-20)15(22)23/h2-9H,1H3,(H,17,21)(H,22,23). The molecule has 0 fully saturated rings. The second-order valence-corrected chi connectivity index (χ2v) is 4.80. The molecule has 0 bridgehead atoms.